The van der Waals surface area contributed by atoms with E-state index in [4.69, 9.17) is 0 Å². The van der Waals surface area contributed by atoms with Gasteiger partial charge in [0.2, 0.25) is 11.8 Å². The Morgan fingerprint density at radius 2 is 1.40 bits per heavy atom. The molecule has 9 heteroatoms. The number of hydrogen-bond donors (Lipinski definition) is 1. The lowest BCUT2D eigenvalue weighted by Gasteiger charge is -2.34. The highest BCUT2D eigenvalue weighted by Gasteiger charge is 2.35. The number of nitrogens with one attached hydrogen (secondary N) is 1. The van der Waals surface area contributed by atoms with E-state index in [1.807, 2.05) is 63.2 Å². The van der Waals surface area contributed by atoms with Crippen LogP contribution in [0.15, 0.2) is 114 Å². The number of aryl methyl sites for hydroxylation is 1. The fourth-order valence-corrected chi connectivity index (χ4v) is 6.37. The molecule has 4 aromatic carbocycles. The second kappa shape index (κ2) is 15.5. The second-order valence-electron chi connectivity index (χ2n) is 11.3. The number of anilines is 1. The molecule has 0 aromatic heterocycles. The van der Waals surface area contributed by atoms with Gasteiger partial charge in [-0.1, -0.05) is 99.6 Å². The van der Waals surface area contributed by atoms with Gasteiger partial charge in [0.25, 0.3) is 10.0 Å². The van der Waals surface area contributed by atoms with Crippen LogP contribution in [0, 0.1) is 11.7 Å². The molecule has 0 unspecified atom stereocenters. The predicted octanol–water partition coefficient (Wildman–Crippen LogP) is 6.00. The van der Waals surface area contributed by atoms with Crippen LogP contribution >= 0.6 is 0 Å². The normalized spacial score (nSPS) is 12.0. The van der Waals surface area contributed by atoms with E-state index in [0.29, 0.717) is 12.2 Å². The Morgan fingerprint density at radius 3 is 2.00 bits per heavy atom. The van der Waals surface area contributed by atoms with E-state index in [9.17, 15) is 18.0 Å². The number of amides is 2. The Morgan fingerprint density at radius 1 is 0.800 bits per heavy atom. The second-order valence-corrected chi connectivity index (χ2v) is 13.2. The zero-order valence-corrected chi connectivity index (χ0v) is 26.7. The molecule has 7 nitrogen and oxygen atoms in total. The maximum Gasteiger partial charge on any atom is 0.264 e. The van der Waals surface area contributed by atoms with E-state index in [0.717, 1.165) is 21.9 Å². The number of hydrogen-bond acceptors (Lipinski definition) is 4. The number of benzene rings is 4. The predicted molar refractivity (Wildman–Crippen MR) is 176 cm³/mol. The summed E-state index contributed by atoms with van der Waals surface area (Å²) in [6.07, 6.45) is 0.912. The average Bonchev–Trinajstić information content (AvgIpc) is 3.05. The maximum atomic E-state index is 15.0. The minimum Gasteiger partial charge on any atom is -0.354 e. The molecule has 2 amide bonds. The molecule has 0 saturated heterocycles. The number of nitrogens with zero attached hydrogens (tertiary/aromatic N) is 2. The summed E-state index contributed by atoms with van der Waals surface area (Å²) in [4.78, 5) is 29.5. The van der Waals surface area contributed by atoms with Gasteiger partial charge in [0.15, 0.2) is 0 Å². The van der Waals surface area contributed by atoms with Crippen LogP contribution in [0.5, 0.6) is 0 Å². The van der Waals surface area contributed by atoms with Crippen molar-refractivity contribution in [1.29, 1.82) is 0 Å². The summed E-state index contributed by atoms with van der Waals surface area (Å²) in [6.45, 7) is 5.47. The third kappa shape index (κ3) is 8.79. The molecule has 0 saturated carbocycles. The highest BCUT2D eigenvalue weighted by atomic mass is 32.2. The monoisotopic (exact) mass is 629 g/mol. The first-order valence-electron chi connectivity index (χ1n) is 15.1. The summed E-state index contributed by atoms with van der Waals surface area (Å²) < 4.78 is 44.2. The van der Waals surface area contributed by atoms with Crippen LogP contribution in [0.2, 0.25) is 0 Å². The van der Waals surface area contributed by atoms with Crippen LogP contribution in [0.3, 0.4) is 0 Å². The number of sulfonamides is 1. The van der Waals surface area contributed by atoms with E-state index in [2.05, 4.69) is 5.32 Å². The molecule has 236 valence electrons. The van der Waals surface area contributed by atoms with Crippen molar-refractivity contribution >= 4 is 27.5 Å². The molecule has 0 fully saturated rings. The summed E-state index contributed by atoms with van der Waals surface area (Å²) in [5.41, 5.74) is 2.33. The first-order valence-corrected chi connectivity index (χ1v) is 16.6. The minimum absolute atomic E-state index is 0.0218. The SMILES string of the molecule is CCc1ccc(N(CC(=O)N(Cc2ccccc2F)[C@H](Cc2ccccc2)C(=O)NCC(C)C)S(=O)(=O)c2ccccc2)cc1. The summed E-state index contributed by atoms with van der Waals surface area (Å²) in [7, 11) is -4.20. The molecular weight excluding hydrogens is 589 g/mol. The lowest BCUT2D eigenvalue weighted by Crippen LogP contribution is -2.53. The van der Waals surface area contributed by atoms with Crippen LogP contribution in [0.1, 0.15) is 37.5 Å². The molecule has 0 radical (unpaired) electrons. The molecule has 4 rings (SSSR count). The topological polar surface area (TPSA) is 86.8 Å². The van der Waals surface area contributed by atoms with Crippen LogP contribution < -0.4 is 9.62 Å². The van der Waals surface area contributed by atoms with Gasteiger partial charge in [-0.3, -0.25) is 13.9 Å². The average molecular weight is 630 g/mol. The van der Waals surface area contributed by atoms with Crippen LogP contribution in [-0.4, -0.2) is 44.3 Å². The first kappa shape index (κ1) is 33.4. The van der Waals surface area contributed by atoms with Crippen LogP contribution in [-0.2, 0) is 39.0 Å². The molecule has 0 aliphatic heterocycles. The smallest absolute Gasteiger partial charge is 0.264 e. The first-order chi connectivity index (χ1) is 21.6. The fraction of sp³-hybridized carbons (Fsp3) is 0.278. The van der Waals surface area contributed by atoms with Gasteiger partial charge in [-0.2, -0.15) is 0 Å². The van der Waals surface area contributed by atoms with Gasteiger partial charge in [0.1, 0.15) is 18.4 Å². The van der Waals surface area contributed by atoms with Gasteiger partial charge in [-0.15, -0.1) is 0 Å². The molecule has 4 aromatic rings. The Kier molecular flexibility index (Phi) is 11.5. The molecule has 0 bridgehead atoms. The number of carbonyl (C=O) groups is 2. The van der Waals surface area contributed by atoms with Gasteiger partial charge >= 0.3 is 0 Å². The summed E-state index contributed by atoms with van der Waals surface area (Å²) in [5.74, 6) is -1.42. The van der Waals surface area contributed by atoms with Gasteiger partial charge < -0.3 is 10.2 Å². The van der Waals surface area contributed by atoms with Gasteiger partial charge in [-0.25, -0.2) is 12.8 Å². The van der Waals surface area contributed by atoms with Crippen molar-refractivity contribution in [3.05, 3.63) is 132 Å². The standard InChI is InChI=1S/C36H40FN3O4S/c1-4-28-19-21-31(22-20-28)40(45(43,44)32-16-9-6-10-17-32)26-35(41)39(25-30-15-11-12-18-33(30)37)34(36(42)38-24-27(2)3)23-29-13-7-5-8-14-29/h5-22,27,34H,4,23-26H2,1-3H3,(H,38,42)/t34-/m1/s1. The zero-order chi connectivity index (χ0) is 32.4. The van der Waals surface area contributed by atoms with Crippen molar-refractivity contribution in [2.45, 2.75) is 51.1 Å². The van der Waals surface area contributed by atoms with E-state index in [-0.39, 0.29) is 29.3 Å². The minimum atomic E-state index is -4.20. The van der Waals surface area contributed by atoms with Crippen molar-refractivity contribution in [3.8, 4) is 0 Å². The lowest BCUT2D eigenvalue weighted by molar-refractivity contribution is -0.140. The van der Waals surface area contributed by atoms with Crippen LogP contribution in [0.25, 0.3) is 0 Å². The van der Waals surface area contributed by atoms with E-state index in [1.165, 1.54) is 23.1 Å². The molecule has 0 aliphatic rings. The molecule has 0 aliphatic carbocycles. The third-order valence-electron chi connectivity index (χ3n) is 7.50. The number of halogens is 1. The molecule has 1 N–H and O–H groups in total. The molecule has 1 atom stereocenters. The third-order valence-corrected chi connectivity index (χ3v) is 9.28. The van der Waals surface area contributed by atoms with E-state index >= 15 is 4.39 Å². The van der Waals surface area contributed by atoms with Crippen molar-refractivity contribution in [1.82, 2.24) is 10.2 Å². The Labute approximate surface area is 265 Å². The lowest BCUT2D eigenvalue weighted by atomic mass is 10.0. The van der Waals surface area contributed by atoms with Crippen molar-refractivity contribution in [2.24, 2.45) is 5.92 Å². The summed E-state index contributed by atoms with van der Waals surface area (Å²) in [5, 5.41) is 2.93. The van der Waals surface area contributed by atoms with Gasteiger partial charge in [-0.05, 0) is 53.8 Å². The Hall–Kier alpha value is -4.50. The van der Waals surface area contributed by atoms with E-state index in [1.54, 1.807) is 48.5 Å². The highest BCUT2D eigenvalue weighted by Crippen LogP contribution is 2.26. The van der Waals surface area contributed by atoms with Crippen molar-refractivity contribution in [3.63, 3.8) is 0 Å². The van der Waals surface area contributed by atoms with Gasteiger partial charge in [0.05, 0.1) is 10.6 Å². The van der Waals surface area contributed by atoms with Gasteiger partial charge in [0, 0.05) is 25.1 Å². The Bertz CT molecular complexity index is 1660. The largest absolute Gasteiger partial charge is 0.354 e. The number of carbonyl (C=O) groups excluding carboxylic acids is 2. The molecule has 0 spiro atoms. The molecular formula is C36H40FN3O4S. The number of rotatable bonds is 14. The fourth-order valence-electron chi connectivity index (χ4n) is 4.93. The highest BCUT2D eigenvalue weighted by molar-refractivity contribution is 7.92. The summed E-state index contributed by atoms with van der Waals surface area (Å²) in [6, 6.07) is 29.2. The zero-order valence-electron chi connectivity index (χ0n) is 25.9. The quantitative estimate of drug-likeness (QED) is 0.186. The van der Waals surface area contributed by atoms with E-state index < -0.39 is 40.2 Å². The van der Waals surface area contributed by atoms with Crippen molar-refractivity contribution in [2.75, 3.05) is 17.4 Å². The molecule has 0 heterocycles. The summed E-state index contributed by atoms with van der Waals surface area (Å²) >= 11 is 0. The Balaban J connectivity index is 1.80. The molecule has 45 heavy (non-hydrogen) atoms. The maximum absolute atomic E-state index is 15.0. The van der Waals surface area contributed by atoms with Crippen LogP contribution in [0.4, 0.5) is 10.1 Å². The van der Waals surface area contributed by atoms with Crippen molar-refractivity contribution < 1.29 is 22.4 Å².